The number of halogens is 2. The fraction of sp³-hybridized carbons (Fsp3) is 0.638. The van der Waals surface area contributed by atoms with Gasteiger partial charge in [-0.05, 0) is 108 Å². The molecule has 0 bridgehead atoms. The fourth-order valence-corrected chi connectivity index (χ4v) is 13.7. The number of hydrogen-bond donors (Lipinski definition) is 1. The van der Waals surface area contributed by atoms with Crippen molar-refractivity contribution in [3.63, 3.8) is 0 Å². The Bertz CT molecular complexity index is 3580. The molecular weight excluding hydrogens is 1780 g/mol. The van der Waals surface area contributed by atoms with Crippen LogP contribution in [0.2, 0.25) is 0 Å². The number of hydrogen-bond acceptors (Lipinski definition) is 16. The van der Waals surface area contributed by atoms with Gasteiger partial charge in [-0.15, -0.1) is 24.0 Å². The van der Waals surface area contributed by atoms with E-state index in [0.717, 1.165) is 84.4 Å². The third-order valence-electron chi connectivity index (χ3n) is 18.4. The van der Waals surface area contributed by atoms with Crippen LogP contribution < -0.4 is 103 Å². The average Bonchev–Trinajstić information content (AvgIpc) is 1.70. The third kappa shape index (κ3) is 18.0. The van der Waals surface area contributed by atoms with Gasteiger partial charge in [0.05, 0.1) is 21.1 Å². The van der Waals surface area contributed by atoms with Crippen LogP contribution in [0.3, 0.4) is 0 Å². The Labute approximate surface area is 626 Å². The van der Waals surface area contributed by atoms with Gasteiger partial charge in [-0.3, -0.25) is 55.9 Å². The van der Waals surface area contributed by atoms with E-state index in [1.54, 1.807) is 170 Å². The number of fused-ring (bicyclic) bond motifs is 5. The zero-order chi connectivity index (χ0) is 66.1. The fourth-order valence-electron chi connectivity index (χ4n) is 13.7. The van der Waals surface area contributed by atoms with E-state index >= 15 is 0 Å². The van der Waals surface area contributed by atoms with E-state index < -0.39 is 5.97 Å². The summed E-state index contributed by atoms with van der Waals surface area (Å²) in [5, 5.41) is 7.42. The number of anilines is 6. The Morgan fingerprint density at radius 1 is 0.495 bits per heavy atom. The normalized spacial score (nSPS) is 20.9. The summed E-state index contributed by atoms with van der Waals surface area (Å²) in [7, 11) is 26.9. The Morgan fingerprint density at radius 2 is 0.758 bits per heavy atom. The topological polar surface area (TPSA) is 259 Å². The molecule has 0 aromatic carbocycles. The first-order valence-corrected chi connectivity index (χ1v) is 29.1. The maximum atomic E-state index is 11.9. The molecule has 8 unspecified atom stereocenters. The SMILES string of the molecule is CC(=O)O.CC(C)CCC1C(C)C2C(C)C(C)C(C)C(C)C2C1C.CN1[CH-]N(C)c2c1c(=O)n(C)c(=O)n2C.CN1[CH-]N(C)c2c1c(=O)n(C)c(=O)n2C.CN1[CH-]N(C)c2c1c(=O)n(C)c(=O)n2C.Cn1c(=O)c2c(n(C)c1=O)[n+](C)cn2C.I.[Ag+].[Ag].[Ag].[I-].[O]=[Ag]. The van der Waals surface area contributed by atoms with E-state index in [1.165, 1.54) is 59.3 Å². The minimum atomic E-state index is -0.833. The molecule has 1 N–H and O–H groups in total. The van der Waals surface area contributed by atoms with Crippen LogP contribution in [0.1, 0.15) is 75.2 Å². The molecule has 0 spiro atoms. The number of aromatic nitrogens is 10. The monoisotopic (exact) mass is 1870 g/mol. The molecule has 5 aliphatic rings. The van der Waals surface area contributed by atoms with Gasteiger partial charge >= 0.3 is 75.0 Å². The van der Waals surface area contributed by atoms with Gasteiger partial charge in [0.15, 0.2) is 6.33 Å². The second-order valence-electron chi connectivity index (χ2n) is 24.3. The standard InChI is InChI=1S/C20H38.4C9H13N4O2.C2H4O2.4Ag.2HI.O/c1-11(2)9-10-18-16(7)19-14(5)12(3)13(4)15(6)20(19)17(18)8;4*1-10-5-11(2)7-6(10)8(14)13(4)9(15)12(7)3;1-2(3)4;;;;;;;/h11-20H,9-10H2,1-8H3;4*5H,1-4H3;1H3,(H,3,4);;;;;2*1H;/q;3*-1;+1;;;;;+1;;;/p-1. The Morgan fingerprint density at radius 3 is 1.03 bits per heavy atom. The molecule has 2 fully saturated rings. The molecule has 8 atom stereocenters. The summed E-state index contributed by atoms with van der Waals surface area (Å²) in [6.07, 6.45) is 4.66. The number of nitrogens with zero attached hydrogens (tertiary/aromatic N) is 16. The van der Waals surface area contributed by atoms with Gasteiger partial charge in [0.2, 0.25) is 5.52 Å². The molecule has 2 aliphatic carbocycles. The Balaban J connectivity index is 0. The summed E-state index contributed by atoms with van der Waals surface area (Å²) < 4.78 is 21.9. The van der Waals surface area contributed by atoms with E-state index in [1.807, 2.05) is 0 Å². The number of aryl methyl sites for hydroxylation is 3. The van der Waals surface area contributed by atoms with Gasteiger partial charge in [0, 0.05) is 101 Å². The number of aliphatic carboxylic acids is 1. The van der Waals surface area contributed by atoms with Crippen molar-refractivity contribution in [2.24, 2.45) is 130 Å². The van der Waals surface area contributed by atoms with Crippen molar-refractivity contribution in [2.75, 3.05) is 71.7 Å². The van der Waals surface area contributed by atoms with Crippen molar-refractivity contribution in [2.45, 2.75) is 75.2 Å². The molecule has 10 rings (SSSR count). The quantitative estimate of drug-likeness (QED) is 0.102. The molecule has 33 heteroatoms. The van der Waals surface area contributed by atoms with Gasteiger partial charge in [-0.25, -0.2) is 32.9 Å². The van der Waals surface area contributed by atoms with E-state index in [9.17, 15) is 38.4 Å². The van der Waals surface area contributed by atoms with Crippen molar-refractivity contribution >= 4 is 75.6 Å². The van der Waals surface area contributed by atoms with E-state index in [4.69, 9.17) is 13.2 Å². The molecule has 5 aromatic heterocycles. The molecule has 5 aromatic rings. The van der Waals surface area contributed by atoms with Crippen LogP contribution in [0.5, 0.6) is 0 Å². The summed E-state index contributed by atoms with van der Waals surface area (Å²) in [5.74, 6) is 10.4. The Hall–Kier alpha value is -3.32. The summed E-state index contributed by atoms with van der Waals surface area (Å²) in [4.78, 5) is 114. The van der Waals surface area contributed by atoms with Crippen molar-refractivity contribution < 1.29 is 130 Å². The van der Waals surface area contributed by atoms with Gasteiger partial charge in [0.25, 0.3) is 28.3 Å². The van der Waals surface area contributed by atoms with Crippen LogP contribution in [-0.4, -0.2) is 94.5 Å². The summed E-state index contributed by atoms with van der Waals surface area (Å²) >= 11 is 1.70. The molecule has 8 heterocycles. The predicted molar refractivity (Wildman–Crippen MR) is 348 cm³/mol. The van der Waals surface area contributed by atoms with Crippen molar-refractivity contribution in [1.82, 2.24) is 41.1 Å². The van der Waals surface area contributed by atoms with Gasteiger partial charge in [-0.2, -0.15) is 20.0 Å². The molecule has 0 saturated heterocycles. The molecular formula is C58H95Ag4I2N16O11-2. The van der Waals surface area contributed by atoms with E-state index in [2.05, 4.69) is 55.4 Å². The van der Waals surface area contributed by atoms with Crippen LogP contribution in [0.25, 0.3) is 11.2 Å². The number of carboxylic acid groups (broad SMARTS) is 1. The third-order valence-corrected chi connectivity index (χ3v) is 18.4. The molecule has 27 nitrogen and oxygen atoms in total. The first-order valence-electron chi connectivity index (χ1n) is 28.5. The average molecular weight is 1880 g/mol. The van der Waals surface area contributed by atoms with Crippen molar-refractivity contribution in [1.29, 1.82) is 0 Å². The van der Waals surface area contributed by atoms with Gasteiger partial charge in [0.1, 0.15) is 34.5 Å². The molecule has 2 saturated carbocycles. The minimum absolute atomic E-state index is 0. The van der Waals surface area contributed by atoms with Crippen LogP contribution in [-0.2, 0) is 167 Å². The number of carboxylic acids is 1. The van der Waals surface area contributed by atoms with Crippen LogP contribution in [0.4, 0.5) is 34.5 Å². The second kappa shape index (κ2) is 36.7. The summed E-state index contributed by atoms with van der Waals surface area (Å²) in [6.45, 7) is 26.5. The Kier molecular flexibility index (Phi) is 36.2. The second-order valence-corrected chi connectivity index (χ2v) is 24.3. The van der Waals surface area contributed by atoms with Crippen LogP contribution in [0, 0.1) is 79.2 Å². The molecule has 3 aliphatic heterocycles. The van der Waals surface area contributed by atoms with Crippen molar-refractivity contribution in [3.05, 3.63) is 110 Å². The van der Waals surface area contributed by atoms with Gasteiger partial charge in [-0.1, -0.05) is 61.8 Å². The van der Waals surface area contributed by atoms with Crippen LogP contribution in [0.15, 0.2) is 44.7 Å². The number of imidazole rings is 1. The zero-order valence-electron chi connectivity index (χ0n) is 56.7. The number of carbonyl (C=O) groups is 1. The van der Waals surface area contributed by atoms with Gasteiger partial charge < -0.3 is 58.5 Å². The molecule has 91 heavy (non-hydrogen) atoms. The summed E-state index contributed by atoms with van der Waals surface area (Å²) in [6, 6.07) is 0. The number of rotatable bonds is 3. The molecule has 2 radical (unpaired) electrons. The molecule has 533 valence electrons. The summed E-state index contributed by atoms with van der Waals surface area (Å²) in [5.41, 5.74) is 0.436. The predicted octanol–water partition coefficient (Wildman–Crippen LogP) is -0.633. The van der Waals surface area contributed by atoms with E-state index in [0.29, 0.717) is 45.7 Å². The first-order chi connectivity index (χ1) is 39.8. The maximum absolute atomic E-state index is 11.9. The zero-order valence-corrected chi connectivity index (χ0v) is 67.1. The molecule has 0 amide bonds. The first kappa shape index (κ1) is 89.7. The van der Waals surface area contributed by atoms with Crippen molar-refractivity contribution in [3.8, 4) is 0 Å². The van der Waals surface area contributed by atoms with Crippen LogP contribution >= 0.6 is 24.0 Å². The van der Waals surface area contributed by atoms with E-state index in [-0.39, 0.29) is 160 Å².